The molecule has 4 heteroatoms. The van der Waals surface area contributed by atoms with E-state index in [2.05, 4.69) is 11.9 Å². The number of hydrogen-bond donors (Lipinski definition) is 0. The molecule has 0 atom stereocenters. The van der Waals surface area contributed by atoms with Crippen LogP contribution in [0.4, 0.5) is 5.69 Å². The molecule has 136 valence electrons. The van der Waals surface area contributed by atoms with Crippen molar-refractivity contribution in [3.05, 3.63) is 59.2 Å². The maximum Gasteiger partial charge on any atom is 0.206 e. The first-order chi connectivity index (χ1) is 12.4. The number of aryl methyl sites for hydroxylation is 2. The van der Waals surface area contributed by atoms with Crippen LogP contribution < -0.4 is 4.74 Å². The van der Waals surface area contributed by atoms with Gasteiger partial charge in [-0.05, 0) is 69.0 Å². The molecular weight excluding hydrogens is 324 g/mol. The Morgan fingerprint density at radius 3 is 2.50 bits per heavy atom. The molecule has 0 aromatic heterocycles. The summed E-state index contributed by atoms with van der Waals surface area (Å²) in [5.41, 5.74) is 2.86. The van der Waals surface area contributed by atoms with Crippen molar-refractivity contribution in [2.45, 2.75) is 39.2 Å². The summed E-state index contributed by atoms with van der Waals surface area (Å²) in [5, 5.41) is 0. The van der Waals surface area contributed by atoms with E-state index < -0.39 is 5.60 Å². The first kappa shape index (κ1) is 18.2. The van der Waals surface area contributed by atoms with Crippen molar-refractivity contribution in [3.8, 4) is 5.75 Å². The SMILES string of the molecule is CCN(C)/C=N\c1cc(C)c(C(=O)C2(Oc3ccccc3)CC2)cc1C. The van der Waals surface area contributed by atoms with Crippen LogP contribution in [0.3, 0.4) is 0 Å². The van der Waals surface area contributed by atoms with Crippen LogP contribution in [-0.4, -0.2) is 36.2 Å². The average Bonchev–Trinajstić information content (AvgIpc) is 3.42. The largest absolute Gasteiger partial charge is 0.479 e. The summed E-state index contributed by atoms with van der Waals surface area (Å²) in [5.74, 6) is 0.819. The van der Waals surface area contributed by atoms with E-state index in [0.29, 0.717) is 0 Å². The smallest absolute Gasteiger partial charge is 0.206 e. The Hall–Kier alpha value is -2.62. The number of aliphatic imine (C=N–C) groups is 1. The molecule has 3 rings (SSSR count). The molecule has 0 radical (unpaired) electrons. The minimum absolute atomic E-state index is 0.0724. The summed E-state index contributed by atoms with van der Waals surface area (Å²) in [7, 11) is 1.99. The zero-order valence-electron chi connectivity index (χ0n) is 16.0. The predicted molar refractivity (Wildman–Crippen MR) is 106 cm³/mol. The minimum Gasteiger partial charge on any atom is -0.479 e. The van der Waals surface area contributed by atoms with Crippen LogP contribution in [0, 0.1) is 13.8 Å². The number of ether oxygens (including phenoxy) is 1. The van der Waals surface area contributed by atoms with Crippen molar-refractivity contribution in [3.63, 3.8) is 0 Å². The Kier molecular flexibility index (Phi) is 5.12. The number of carbonyl (C=O) groups excluding carboxylic acids is 1. The van der Waals surface area contributed by atoms with E-state index in [9.17, 15) is 4.79 Å². The molecule has 0 saturated heterocycles. The molecule has 0 spiro atoms. The van der Waals surface area contributed by atoms with Gasteiger partial charge in [0.05, 0.1) is 12.0 Å². The highest BCUT2D eigenvalue weighted by Crippen LogP contribution is 2.43. The molecule has 2 aromatic carbocycles. The number of carbonyl (C=O) groups is 1. The molecule has 0 amide bonds. The fourth-order valence-corrected chi connectivity index (χ4v) is 2.88. The highest BCUT2D eigenvalue weighted by Gasteiger charge is 2.53. The zero-order chi connectivity index (χ0) is 18.7. The topological polar surface area (TPSA) is 41.9 Å². The number of benzene rings is 2. The first-order valence-corrected chi connectivity index (χ1v) is 9.10. The summed E-state index contributed by atoms with van der Waals surface area (Å²) in [4.78, 5) is 19.7. The second kappa shape index (κ2) is 7.32. The molecule has 1 fully saturated rings. The van der Waals surface area contributed by atoms with Gasteiger partial charge in [-0.1, -0.05) is 18.2 Å². The Bertz CT molecular complexity index is 824. The molecule has 0 heterocycles. The van der Waals surface area contributed by atoms with Crippen LogP contribution in [0.5, 0.6) is 5.75 Å². The number of ketones is 1. The van der Waals surface area contributed by atoms with Crippen molar-refractivity contribution in [2.75, 3.05) is 13.6 Å². The van der Waals surface area contributed by atoms with Gasteiger partial charge in [0.2, 0.25) is 5.78 Å². The lowest BCUT2D eigenvalue weighted by molar-refractivity contribution is 0.0745. The summed E-state index contributed by atoms with van der Waals surface area (Å²) >= 11 is 0. The lowest BCUT2D eigenvalue weighted by Gasteiger charge is -2.19. The third-order valence-electron chi connectivity index (χ3n) is 4.85. The van der Waals surface area contributed by atoms with E-state index in [1.807, 2.05) is 74.6 Å². The summed E-state index contributed by atoms with van der Waals surface area (Å²) in [6.07, 6.45) is 3.35. The molecule has 26 heavy (non-hydrogen) atoms. The van der Waals surface area contributed by atoms with E-state index in [-0.39, 0.29) is 5.78 Å². The first-order valence-electron chi connectivity index (χ1n) is 9.10. The molecular formula is C22H26N2O2. The second-order valence-electron chi connectivity index (χ2n) is 7.01. The van der Waals surface area contributed by atoms with Gasteiger partial charge in [0.15, 0.2) is 5.60 Å². The fourth-order valence-electron chi connectivity index (χ4n) is 2.88. The van der Waals surface area contributed by atoms with Crippen LogP contribution in [0.15, 0.2) is 47.5 Å². The molecule has 0 unspecified atom stereocenters. The van der Waals surface area contributed by atoms with Crippen LogP contribution in [0.25, 0.3) is 0 Å². The van der Waals surface area contributed by atoms with Crippen LogP contribution in [-0.2, 0) is 0 Å². The molecule has 0 aliphatic heterocycles. The Morgan fingerprint density at radius 2 is 1.88 bits per heavy atom. The summed E-state index contributed by atoms with van der Waals surface area (Å²) < 4.78 is 6.06. The number of rotatable bonds is 7. The van der Waals surface area contributed by atoms with Crippen LogP contribution >= 0.6 is 0 Å². The highest BCUT2D eigenvalue weighted by molar-refractivity contribution is 6.06. The summed E-state index contributed by atoms with van der Waals surface area (Å²) in [6, 6.07) is 13.5. The monoisotopic (exact) mass is 350 g/mol. The molecule has 4 nitrogen and oxygen atoms in total. The fraction of sp³-hybridized carbons (Fsp3) is 0.364. The van der Waals surface area contributed by atoms with Crippen molar-refractivity contribution in [2.24, 2.45) is 4.99 Å². The number of Topliss-reactive ketones (excluding diaryl/α,β-unsaturated/α-hetero) is 1. The Labute approximate surface area is 155 Å². The van der Waals surface area contributed by atoms with E-state index >= 15 is 0 Å². The van der Waals surface area contributed by atoms with Gasteiger partial charge in [-0.15, -0.1) is 0 Å². The number of para-hydroxylation sites is 1. The number of hydrogen-bond acceptors (Lipinski definition) is 3. The van der Waals surface area contributed by atoms with Crippen molar-refractivity contribution >= 4 is 17.8 Å². The molecule has 0 bridgehead atoms. The minimum atomic E-state index is -0.703. The van der Waals surface area contributed by atoms with Crippen molar-refractivity contribution in [1.82, 2.24) is 4.90 Å². The van der Waals surface area contributed by atoms with Crippen molar-refractivity contribution in [1.29, 1.82) is 0 Å². The second-order valence-corrected chi connectivity index (χ2v) is 7.01. The lowest BCUT2D eigenvalue weighted by atomic mass is 9.96. The van der Waals surface area contributed by atoms with E-state index in [4.69, 9.17) is 4.74 Å². The zero-order valence-corrected chi connectivity index (χ0v) is 16.0. The maximum atomic E-state index is 13.2. The predicted octanol–water partition coefficient (Wildman–Crippen LogP) is 4.71. The third kappa shape index (κ3) is 3.79. The van der Waals surface area contributed by atoms with Gasteiger partial charge in [0.1, 0.15) is 5.75 Å². The van der Waals surface area contributed by atoms with E-state index in [1.54, 1.807) is 0 Å². The number of nitrogens with zero attached hydrogens (tertiary/aromatic N) is 2. The van der Waals surface area contributed by atoms with Gasteiger partial charge >= 0.3 is 0 Å². The van der Waals surface area contributed by atoms with Gasteiger partial charge < -0.3 is 9.64 Å². The van der Waals surface area contributed by atoms with Gasteiger partial charge in [-0.2, -0.15) is 0 Å². The average molecular weight is 350 g/mol. The lowest BCUT2D eigenvalue weighted by Crippen LogP contribution is -2.30. The van der Waals surface area contributed by atoms with Gasteiger partial charge in [0, 0.05) is 19.2 Å². The third-order valence-corrected chi connectivity index (χ3v) is 4.85. The maximum absolute atomic E-state index is 13.2. The highest BCUT2D eigenvalue weighted by atomic mass is 16.5. The molecule has 1 aliphatic carbocycles. The van der Waals surface area contributed by atoms with Gasteiger partial charge in [-0.3, -0.25) is 4.79 Å². The van der Waals surface area contributed by atoms with Gasteiger partial charge in [-0.25, -0.2) is 4.99 Å². The molecule has 1 saturated carbocycles. The standard InChI is InChI=1S/C22H26N2O2/c1-5-24(4)15-23-20-14-16(2)19(13-17(20)3)21(25)22(11-12-22)26-18-9-7-6-8-10-18/h6-10,13-15H,5,11-12H2,1-4H3/b23-15-. The van der Waals surface area contributed by atoms with Crippen molar-refractivity contribution < 1.29 is 9.53 Å². The summed E-state index contributed by atoms with van der Waals surface area (Å²) in [6.45, 7) is 6.94. The quantitative estimate of drug-likeness (QED) is 0.412. The van der Waals surface area contributed by atoms with Crippen LogP contribution in [0.1, 0.15) is 41.3 Å². The normalized spacial score (nSPS) is 15.1. The Morgan fingerprint density at radius 1 is 1.19 bits per heavy atom. The Balaban J connectivity index is 1.84. The molecule has 1 aliphatic rings. The van der Waals surface area contributed by atoms with E-state index in [0.717, 1.165) is 47.5 Å². The van der Waals surface area contributed by atoms with E-state index in [1.165, 1.54) is 0 Å². The van der Waals surface area contributed by atoms with Crippen LogP contribution in [0.2, 0.25) is 0 Å². The van der Waals surface area contributed by atoms with Gasteiger partial charge in [0.25, 0.3) is 0 Å². The molecule has 2 aromatic rings. The molecule has 0 N–H and O–H groups in total.